The van der Waals surface area contributed by atoms with Crippen LogP contribution in [0, 0.1) is 16.0 Å². The molecule has 1 aromatic carbocycles. The van der Waals surface area contributed by atoms with Gasteiger partial charge in [0.25, 0.3) is 5.69 Å². The van der Waals surface area contributed by atoms with Crippen molar-refractivity contribution in [2.45, 2.75) is 11.3 Å². The first-order valence-electron chi connectivity index (χ1n) is 6.39. The number of sulfonamides is 1. The molecule has 8 nitrogen and oxygen atoms in total. The first-order valence-corrected chi connectivity index (χ1v) is 7.83. The molecular formula is C12H17N3O5S. The van der Waals surface area contributed by atoms with E-state index < -0.39 is 14.9 Å². The second kappa shape index (κ2) is 5.96. The molecule has 1 aliphatic rings. The Labute approximate surface area is 122 Å². The predicted molar refractivity (Wildman–Crippen MR) is 76.3 cm³/mol. The highest BCUT2D eigenvalue weighted by Crippen LogP contribution is 2.30. The van der Waals surface area contributed by atoms with Crippen molar-refractivity contribution in [2.75, 3.05) is 32.5 Å². The Bertz CT molecular complexity index is 646. The second-order valence-electron chi connectivity index (χ2n) is 4.95. The number of ether oxygens (including phenoxy) is 1. The van der Waals surface area contributed by atoms with E-state index in [-0.39, 0.29) is 22.2 Å². The van der Waals surface area contributed by atoms with E-state index in [1.54, 1.807) is 7.11 Å². The molecule has 0 amide bonds. The molecule has 21 heavy (non-hydrogen) atoms. The molecule has 2 rings (SSSR count). The van der Waals surface area contributed by atoms with Crippen molar-refractivity contribution in [1.29, 1.82) is 0 Å². The van der Waals surface area contributed by atoms with Crippen molar-refractivity contribution < 1.29 is 18.1 Å². The van der Waals surface area contributed by atoms with E-state index in [1.165, 1.54) is 16.4 Å². The van der Waals surface area contributed by atoms with E-state index in [0.717, 1.165) is 6.07 Å². The van der Waals surface area contributed by atoms with Crippen LogP contribution in [0.15, 0.2) is 23.1 Å². The summed E-state index contributed by atoms with van der Waals surface area (Å²) in [7, 11) is -2.26. The van der Waals surface area contributed by atoms with Gasteiger partial charge < -0.3 is 10.5 Å². The molecule has 2 N–H and O–H groups in total. The van der Waals surface area contributed by atoms with Crippen LogP contribution in [0.4, 0.5) is 11.4 Å². The third-order valence-corrected chi connectivity index (χ3v) is 5.40. The topological polar surface area (TPSA) is 116 Å². The summed E-state index contributed by atoms with van der Waals surface area (Å²) < 4.78 is 31.5. The number of nitro groups is 1. The minimum absolute atomic E-state index is 0.00999. The maximum atomic E-state index is 12.6. The molecule has 1 saturated heterocycles. The van der Waals surface area contributed by atoms with E-state index in [9.17, 15) is 18.5 Å². The summed E-state index contributed by atoms with van der Waals surface area (Å²) in [6.07, 6.45) is 0.696. The molecule has 116 valence electrons. The monoisotopic (exact) mass is 315 g/mol. The smallest absolute Gasteiger partial charge is 0.270 e. The number of anilines is 1. The van der Waals surface area contributed by atoms with Crippen LogP contribution in [0.5, 0.6) is 0 Å². The molecule has 1 aromatic rings. The zero-order valence-electron chi connectivity index (χ0n) is 11.6. The maximum Gasteiger partial charge on any atom is 0.270 e. The van der Waals surface area contributed by atoms with Gasteiger partial charge in [0.2, 0.25) is 10.0 Å². The van der Waals surface area contributed by atoms with Gasteiger partial charge in [-0.05, 0) is 18.4 Å². The highest BCUT2D eigenvalue weighted by molar-refractivity contribution is 7.89. The molecule has 1 fully saturated rings. The van der Waals surface area contributed by atoms with Crippen LogP contribution in [0.3, 0.4) is 0 Å². The number of non-ortho nitro benzene ring substituents is 1. The summed E-state index contributed by atoms with van der Waals surface area (Å²) in [5.74, 6) is 0.129. The molecule has 0 spiro atoms. The highest BCUT2D eigenvalue weighted by Gasteiger charge is 2.34. The summed E-state index contributed by atoms with van der Waals surface area (Å²) in [5.41, 5.74) is 5.40. The number of nitrogens with two attached hydrogens (primary N) is 1. The Hall–Kier alpha value is -1.71. The average molecular weight is 315 g/mol. The van der Waals surface area contributed by atoms with Gasteiger partial charge in [0.15, 0.2) is 0 Å². The van der Waals surface area contributed by atoms with Crippen molar-refractivity contribution in [3.63, 3.8) is 0 Å². The van der Waals surface area contributed by atoms with Crippen molar-refractivity contribution in [2.24, 2.45) is 5.92 Å². The number of hydrogen-bond acceptors (Lipinski definition) is 6. The van der Waals surface area contributed by atoms with E-state index in [0.29, 0.717) is 26.1 Å². The quantitative estimate of drug-likeness (QED) is 0.489. The number of hydrogen-bond donors (Lipinski definition) is 1. The lowest BCUT2D eigenvalue weighted by molar-refractivity contribution is -0.385. The Balaban J connectivity index is 2.32. The van der Waals surface area contributed by atoms with Crippen LogP contribution < -0.4 is 5.73 Å². The molecular weight excluding hydrogens is 298 g/mol. The minimum atomic E-state index is -3.83. The van der Waals surface area contributed by atoms with Crippen LogP contribution in [0.1, 0.15) is 6.42 Å². The number of nitrogen functional groups attached to an aromatic ring is 1. The summed E-state index contributed by atoms with van der Waals surface area (Å²) in [6.45, 7) is 1.17. The normalized spacial score (nSPS) is 19.8. The largest absolute Gasteiger partial charge is 0.398 e. The Morgan fingerprint density at radius 3 is 2.86 bits per heavy atom. The van der Waals surface area contributed by atoms with Crippen molar-refractivity contribution in [3.8, 4) is 0 Å². The SMILES string of the molecule is COCC1CCN(S(=O)(=O)c2cc([N+](=O)[O-])ccc2N)C1. The van der Waals surface area contributed by atoms with Crippen LogP contribution in [0.2, 0.25) is 0 Å². The first kappa shape index (κ1) is 15.7. The van der Waals surface area contributed by atoms with Crippen LogP contribution >= 0.6 is 0 Å². The van der Waals surface area contributed by atoms with Crippen molar-refractivity contribution in [1.82, 2.24) is 4.31 Å². The van der Waals surface area contributed by atoms with E-state index in [2.05, 4.69) is 0 Å². The molecule has 0 saturated carbocycles. The van der Waals surface area contributed by atoms with Gasteiger partial charge in [0, 0.05) is 32.3 Å². The fourth-order valence-corrected chi connectivity index (χ4v) is 4.05. The van der Waals surface area contributed by atoms with Gasteiger partial charge in [0.1, 0.15) is 4.90 Å². The lowest BCUT2D eigenvalue weighted by atomic mass is 10.1. The van der Waals surface area contributed by atoms with Gasteiger partial charge in [0.05, 0.1) is 17.2 Å². The molecule has 0 aliphatic carbocycles. The molecule has 1 heterocycles. The standard InChI is InChI=1S/C12H17N3O5S/c1-20-8-9-4-5-14(7-9)21(18,19)12-6-10(15(16)17)2-3-11(12)13/h2-3,6,9H,4-5,7-8,13H2,1H3. The molecule has 0 radical (unpaired) electrons. The zero-order chi connectivity index (χ0) is 15.6. The fraction of sp³-hybridized carbons (Fsp3) is 0.500. The van der Waals surface area contributed by atoms with E-state index >= 15 is 0 Å². The number of methoxy groups -OCH3 is 1. The summed E-state index contributed by atoms with van der Waals surface area (Å²) >= 11 is 0. The van der Waals surface area contributed by atoms with Gasteiger partial charge in [-0.15, -0.1) is 0 Å². The third-order valence-electron chi connectivity index (χ3n) is 3.48. The highest BCUT2D eigenvalue weighted by atomic mass is 32.2. The van der Waals surface area contributed by atoms with Crippen molar-refractivity contribution in [3.05, 3.63) is 28.3 Å². The van der Waals surface area contributed by atoms with E-state index in [1.807, 2.05) is 0 Å². The van der Waals surface area contributed by atoms with Gasteiger partial charge in [-0.1, -0.05) is 0 Å². The zero-order valence-corrected chi connectivity index (χ0v) is 12.4. The first-order chi connectivity index (χ1) is 9.86. The number of nitrogens with zero attached hydrogens (tertiary/aromatic N) is 2. The summed E-state index contributed by atoms with van der Waals surface area (Å²) in [5, 5.41) is 10.8. The Morgan fingerprint density at radius 2 is 2.24 bits per heavy atom. The summed E-state index contributed by atoms with van der Waals surface area (Å²) in [6, 6.07) is 3.44. The minimum Gasteiger partial charge on any atom is -0.398 e. The van der Waals surface area contributed by atoms with Crippen LogP contribution in [-0.4, -0.2) is 44.5 Å². The maximum absolute atomic E-state index is 12.6. The van der Waals surface area contributed by atoms with Crippen LogP contribution in [-0.2, 0) is 14.8 Å². The average Bonchev–Trinajstić information content (AvgIpc) is 2.88. The van der Waals surface area contributed by atoms with E-state index in [4.69, 9.17) is 10.5 Å². The lowest BCUT2D eigenvalue weighted by Crippen LogP contribution is -2.30. The van der Waals surface area contributed by atoms with Crippen molar-refractivity contribution >= 4 is 21.4 Å². The molecule has 1 unspecified atom stereocenters. The molecule has 0 aromatic heterocycles. The predicted octanol–water partition coefficient (Wildman–Crippen LogP) is 0.834. The Morgan fingerprint density at radius 1 is 1.52 bits per heavy atom. The third kappa shape index (κ3) is 3.14. The second-order valence-corrected chi connectivity index (χ2v) is 6.86. The fourth-order valence-electron chi connectivity index (χ4n) is 2.39. The molecule has 9 heteroatoms. The number of nitro benzene ring substituents is 1. The molecule has 0 bridgehead atoms. The molecule has 1 aliphatic heterocycles. The van der Waals surface area contributed by atoms with Gasteiger partial charge in [-0.3, -0.25) is 10.1 Å². The summed E-state index contributed by atoms with van der Waals surface area (Å²) in [4.78, 5) is 9.93. The lowest BCUT2D eigenvalue weighted by Gasteiger charge is -2.17. The van der Waals surface area contributed by atoms with Gasteiger partial charge in [-0.25, -0.2) is 8.42 Å². The number of rotatable bonds is 5. The number of benzene rings is 1. The van der Waals surface area contributed by atoms with Crippen LogP contribution in [0.25, 0.3) is 0 Å². The Kier molecular flexibility index (Phi) is 4.45. The van der Waals surface area contributed by atoms with Gasteiger partial charge >= 0.3 is 0 Å². The van der Waals surface area contributed by atoms with Gasteiger partial charge in [-0.2, -0.15) is 4.31 Å². The molecule has 1 atom stereocenters.